The average Bonchev–Trinajstić information content (AvgIpc) is 3.18. The SMILES string of the molecule is CCCCCCCCCCCCCCCC(=O)OCc1cn(C(=O)OC(C)(C)C)c2ccccc12. The maximum Gasteiger partial charge on any atom is 0.419 e. The quantitative estimate of drug-likeness (QED) is 0.176. The fourth-order valence-corrected chi connectivity index (χ4v) is 4.34. The van der Waals surface area contributed by atoms with Crippen LogP contribution in [0.25, 0.3) is 10.9 Å². The van der Waals surface area contributed by atoms with Crippen molar-refractivity contribution in [2.24, 2.45) is 0 Å². The Kier molecular flexibility index (Phi) is 12.9. The second kappa shape index (κ2) is 15.6. The first-order chi connectivity index (χ1) is 16.8. The van der Waals surface area contributed by atoms with Crippen molar-refractivity contribution in [1.82, 2.24) is 4.57 Å². The number of esters is 1. The summed E-state index contributed by atoms with van der Waals surface area (Å²) >= 11 is 0. The monoisotopic (exact) mass is 485 g/mol. The van der Waals surface area contributed by atoms with E-state index in [0.717, 1.165) is 29.3 Å². The summed E-state index contributed by atoms with van der Waals surface area (Å²) in [6.07, 6.45) is 18.4. The number of fused-ring (bicyclic) bond motifs is 1. The summed E-state index contributed by atoms with van der Waals surface area (Å²) in [5.74, 6) is -0.179. The number of aromatic nitrogens is 1. The van der Waals surface area contributed by atoms with Gasteiger partial charge in [-0.15, -0.1) is 0 Å². The van der Waals surface area contributed by atoms with Crippen molar-refractivity contribution >= 4 is 23.0 Å². The molecule has 0 saturated heterocycles. The van der Waals surface area contributed by atoms with Crippen LogP contribution in [0, 0.1) is 0 Å². The number of nitrogens with zero attached hydrogens (tertiary/aromatic N) is 1. The normalized spacial score (nSPS) is 11.7. The fourth-order valence-electron chi connectivity index (χ4n) is 4.34. The smallest absolute Gasteiger partial charge is 0.419 e. The van der Waals surface area contributed by atoms with Crippen LogP contribution in [0.1, 0.15) is 123 Å². The molecule has 0 bridgehead atoms. The van der Waals surface area contributed by atoms with Gasteiger partial charge in [-0.2, -0.15) is 0 Å². The molecule has 0 fully saturated rings. The topological polar surface area (TPSA) is 57.5 Å². The van der Waals surface area contributed by atoms with Crippen LogP contribution in [-0.2, 0) is 20.9 Å². The van der Waals surface area contributed by atoms with Crippen molar-refractivity contribution in [1.29, 1.82) is 0 Å². The number of benzene rings is 1. The van der Waals surface area contributed by atoms with Gasteiger partial charge >= 0.3 is 12.1 Å². The summed E-state index contributed by atoms with van der Waals surface area (Å²) in [5, 5.41) is 0.895. The predicted molar refractivity (Wildman–Crippen MR) is 144 cm³/mol. The van der Waals surface area contributed by atoms with Crippen LogP contribution >= 0.6 is 0 Å². The third kappa shape index (κ3) is 11.3. The number of carbonyl (C=O) groups excluding carboxylic acids is 2. The Labute approximate surface area is 212 Å². The minimum absolute atomic E-state index is 0.160. The average molecular weight is 486 g/mol. The molecule has 1 aromatic heterocycles. The Morgan fingerprint density at radius 1 is 0.800 bits per heavy atom. The Morgan fingerprint density at radius 2 is 1.34 bits per heavy atom. The van der Waals surface area contributed by atoms with Crippen LogP contribution in [0.2, 0.25) is 0 Å². The minimum atomic E-state index is -0.580. The van der Waals surface area contributed by atoms with E-state index >= 15 is 0 Å². The van der Waals surface area contributed by atoms with Crippen molar-refractivity contribution in [3.63, 3.8) is 0 Å². The van der Waals surface area contributed by atoms with Crippen molar-refractivity contribution in [3.05, 3.63) is 36.0 Å². The number of carbonyl (C=O) groups is 2. The van der Waals surface area contributed by atoms with E-state index in [4.69, 9.17) is 9.47 Å². The first-order valence-electron chi connectivity index (χ1n) is 13.8. The van der Waals surface area contributed by atoms with E-state index in [0.29, 0.717) is 6.42 Å². The molecule has 0 radical (unpaired) electrons. The van der Waals surface area contributed by atoms with Crippen molar-refractivity contribution in [2.75, 3.05) is 0 Å². The van der Waals surface area contributed by atoms with Gasteiger partial charge in [0.25, 0.3) is 0 Å². The van der Waals surface area contributed by atoms with Gasteiger partial charge in [-0.05, 0) is 33.3 Å². The minimum Gasteiger partial charge on any atom is -0.461 e. The Bertz CT molecular complexity index is 893. The van der Waals surface area contributed by atoms with Gasteiger partial charge in [-0.3, -0.25) is 9.36 Å². The van der Waals surface area contributed by atoms with Crippen LogP contribution < -0.4 is 0 Å². The highest BCUT2D eigenvalue weighted by molar-refractivity contribution is 5.92. The molecule has 2 aromatic rings. The molecule has 1 aromatic carbocycles. The Hall–Kier alpha value is -2.30. The number of hydrogen-bond donors (Lipinski definition) is 0. The predicted octanol–water partition coefficient (Wildman–Crippen LogP) is 8.95. The highest BCUT2D eigenvalue weighted by Gasteiger charge is 2.21. The third-order valence-corrected chi connectivity index (χ3v) is 6.26. The highest BCUT2D eigenvalue weighted by Crippen LogP contribution is 2.24. The van der Waals surface area contributed by atoms with E-state index in [1.165, 1.54) is 75.2 Å². The molecule has 5 heteroatoms. The van der Waals surface area contributed by atoms with Crippen molar-refractivity contribution in [2.45, 2.75) is 130 Å². The molecule has 0 spiro atoms. The van der Waals surface area contributed by atoms with Gasteiger partial charge in [0.15, 0.2) is 0 Å². The molecule has 5 nitrogen and oxygen atoms in total. The largest absolute Gasteiger partial charge is 0.461 e. The molecule has 0 saturated carbocycles. The molecule has 196 valence electrons. The first kappa shape index (κ1) is 28.9. The van der Waals surface area contributed by atoms with Gasteiger partial charge in [0.2, 0.25) is 0 Å². The van der Waals surface area contributed by atoms with E-state index in [1.54, 1.807) is 6.20 Å². The van der Waals surface area contributed by atoms with Gasteiger partial charge in [0.1, 0.15) is 12.2 Å². The number of hydrogen-bond acceptors (Lipinski definition) is 4. The summed E-state index contributed by atoms with van der Waals surface area (Å²) < 4.78 is 12.5. The number of para-hydroxylation sites is 1. The molecular weight excluding hydrogens is 438 g/mol. The number of ether oxygens (including phenoxy) is 2. The molecule has 1 heterocycles. The van der Waals surface area contributed by atoms with Crippen molar-refractivity contribution < 1.29 is 19.1 Å². The van der Waals surface area contributed by atoms with Gasteiger partial charge in [0, 0.05) is 23.6 Å². The van der Waals surface area contributed by atoms with E-state index in [1.807, 2.05) is 45.0 Å². The molecule has 2 rings (SSSR count). The summed E-state index contributed by atoms with van der Waals surface area (Å²) in [6.45, 7) is 7.95. The second-order valence-corrected chi connectivity index (χ2v) is 10.7. The Morgan fingerprint density at radius 3 is 1.91 bits per heavy atom. The van der Waals surface area contributed by atoms with E-state index in [9.17, 15) is 9.59 Å². The molecule has 0 aliphatic carbocycles. The molecule has 0 amide bonds. The lowest BCUT2D eigenvalue weighted by molar-refractivity contribution is -0.145. The molecule has 0 aliphatic heterocycles. The fraction of sp³-hybridized carbons (Fsp3) is 0.667. The highest BCUT2D eigenvalue weighted by atomic mass is 16.6. The van der Waals surface area contributed by atoms with Gasteiger partial charge in [0.05, 0.1) is 5.52 Å². The zero-order valence-electron chi connectivity index (χ0n) is 22.6. The number of rotatable bonds is 16. The summed E-state index contributed by atoms with van der Waals surface area (Å²) in [7, 11) is 0. The van der Waals surface area contributed by atoms with E-state index in [-0.39, 0.29) is 12.6 Å². The van der Waals surface area contributed by atoms with Gasteiger partial charge in [-0.25, -0.2) is 4.79 Å². The zero-order valence-corrected chi connectivity index (χ0v) is 22.6. The molecule has 35 heavy (non-hydrogen) atoms. The maximum absolute atomic E-state index is 12.6. The molecule has 0 aliphatic rings. The molecule has 0 unspecified atom stereocenters. The molecule has 0 N–H and O–H groups in total. The standard InChI is InChI=1S/C30H47NO4/c1-5-6-7-8-9-10-11-12-13-14-15-16-17-22-28(32)34-24-25-23-31(29(33)35-30(2,3)4)27-21-19-18-20-26(25)27/h18-21,23H,5-17,22,24H2,1-4H3. The van der Waals surface area contributed by atoms with Crippen molar-refractivity contribution in [3.8, 4) is 0 Å². The lowest BCUT2D eigenvalue weighted by Crippen LogP contribution is -2.26. The zero-order chi connectivity index (χ0) is 25.5. The van der Waals surface area contributed by atoms with Crippen LogP contribution in [-0.4, -0.2) is 22.2 Å². The van der Waals surface area contributed by atoms with E-state index in [2.05, 4.69) is 6.92 Å². The van der Waals surface area contributed by atoms with Gasteiger partial charge in [-0.1, -0.05) is 102 Å². The lowest BCUT2D eigenvalue weighted by Gasteiger charge is -2.19. The lowest BCUT2D eigenvalue weighted by atomic mass is 10.0. The third-order valence-electron chi connectivity index (χ3n) is 6.26. The van der Waals surface area contributed by atoms with Crippen LogP contribution in [0.5, 0.6) is 0 Å². The van der Waals surface area contributed by atoms with Gasteiger partial charge < -0.3 is 9.47 Å². The molecule has 0 atom stereocenters. The van der Waals surface area contributed by atoms with Crippen LogP contribution in [0.15, 0.2) is 30.5 Å². The molecular formula is C30H47NO4. The summed E-state index contributed by atoms with van der Waals surface area (Å²) in [6, 6.07) is 7.61. The van der Waals surface area contributed by atoms with Crippen LogP contribution in [0.3, 0.4) is 0 Å². The summed E-state index contributed by atoms with van der Waals surface area (Å²) in [4.78, 5) is 24.9. The maximum atomic E-state index is 12.6. The Balaban J connectivity index is 1.63. The first-order valence-corrected chi connectivity index (χ1v) is 13.8. The van der Waals surface area contributed by atoms with Crippen LogP contribution in [0.4, 0.5) is 4.79 Å². The second-order valence-electron chi connectivity index (χ2n) is 10.7. The number of unbranched alkanes of at least 4 members (excludes halogenated alkanes) is 12. The summed E-state index contributed by atoms with van der Waals surface area (Å²) in [5.41, 5.74) is 0.984. The van der Waals surface area contributed by atoms with E-state index < -0.39 is 11.7 Å².